The number of aryl methyl sites for hydroxylation is 1. The molecule has 0 saturated heterocycles. The summed E-state index contributed by atoms with van der Waals surface area (Å²) in [6.07, 6.45) is 1.50. The van der Waals surface area contributed by atoms with Crippen LogP contribution in [0.5, 0.6) is 0 Å². The summed E-state index contributed by atoms with van der Waals surface area (Å²) in [6, 6.07) is 0. The molecule has 1 heterocycles. The lowest BCUT2D eigenvalue weighted by Gasteiger charge is -2.17. The van der Waals surface area contributed by atoms with Crippen molar-refractivity contribution in [1.82, 2.24) is 20.1 Å². The first-order valence-electron chi connectivity index (χ1n) is 4.70. The van der Waals surface area contributed by atoms with E-state index in [0.717, 1.165) is 0 Å². The van der Waals surface area contributed by atoms with Gasteiger partial charge in [-0.3, -0.25) is 14.3 Å². The highest BCUT2D eigenvalue weighted by atomic mass is 16.4. The average Bonchev–Trinajstić information content (AvgIpc) is 2.60. The van der Waals surface area contributed by atoms with E-state index in [1.807, 2.05) is 0 Å². The molecule has 1 aromatic heterocycles. The number of carbonyl (C=O) groups is 2. The number of nitrogens with one attached hydrogen (secondary N) is 1. The van der Waals surface area contributed by atoms with Gasteiger partial charge in [-0.2, -0.15) is 5.10 Å². The van der Waals surface area contributed by atoms with Crippen molar-refractivity contribution in [2.45, 2.75) is 20.4 Å². The second kappa shape index (κ2) is 4.30. The van der Waals surface area contributed by atoms with Crippen molar-refractivity contribution in [3.8, 4) is 0 Å². The molecular weight excluding hydrogens is 212 g/mol. The highest BCUT2D eigenvalue weighted by molar-refractivity contribution is 6.00. The Morgan fingerprint density at radius 3 is 2.62 bits per heavy atom. The van der Waals surface area contributed by atoms with Crippen LogP contribution in [0, 0.1) is 5.41 Å². The lowest BCUT2D eigenvalue weighted by atomic mass is 9.93. The van der Waals surface area contributed by atoms with Crippen LogP contribution in [-0.2, 0) is 23.2 Å². The van der Waals surface area contributed by atoms with Crippen molar-refractivity contribution in [3.05, 3.63) is 12.2 Å². The first-order valence-corrected chi connectivity index (χ1v) is 4.70. The minimum absolute atomic E-state index is 0.121. The normalized spacial score (nSPS) is 11.2. The molecule has 0 aliphatic carbocycles. The van der Waals surface area contributed by atoms with E-state index in [1.54, 1.807) is 7.05 Å². The Morgan fingerprint density at radius 1 is 1.56 bits per heavy atom. The van der Waals surface area contributed by atoms with Gasteiger partial charge in [0.15, 0.2) is 5.82 Å². The largest absolute Gasteiger partial charge is 0.480 e. The third-order valence-corrected chi connectivity index (χ3v) is 2.16. The monoisotopic (exact) mass is 226 g/mol. The Kier molecular flexibility index (Phi) is 3.26. The van der Waals surface area contributed by atoms with E-state index in [1.165, 1.54) is 24.9 Å². The molecule has 16 heavy (non-hydrogen) atoms. The van der Waals surface area contributed by atoms with Crippen LogP contribution in [0.1, 0.15) is 19.7 Å². The van der Waals surface area contributed by atoms with E-state index < -0.39 is 17.3 Å². The lowest BCUT2D eigenvalue weighted by Crippen LogP contribution is -2.42. The fourth-order valence-corrected chi connectivity index (χ4v) is 0.942. The standard InChI is InChI=1S/C9H14N4O3/c1-9(2,8(15)16)7(14)10-4-6-11-5-13(3)12-6/h5H,4H2,1-3H3,(H,10,14)(H,15,16). The van der Waals surface area contributed by atoms with Gasteiger partial charge in [0.2, 0.25) is 5.91 Å². The molecule has 0 aromatic carbocycles. The van der Waals surface area contributed by atoms with Crippen LogP contribution in [-0.4, -0.2) is 31.7 Å². The molecule has 7 nitrogen and oxygen atoms in total. The van der Waals surface area contributed by atoms with Crippen molar-refractivity contribution < 1.29 is 14.7 Å². The van der Waals surface area contributed by atoms with Crippen molar-refractivity contribution in [2.24, 2.45) is 12.5 Å². The predicted molar refractivity (Wildman–Crippen MR) is 54.3 cm³/mol. The molecule has 88 valence electrons. The number of aromatic nitrogens is 3. The number of carbonyl (C=O) groups excluding carboxylic acids is 1. The third kappa shape index (κ3) is 2.56. The van der Waals surface area contributed by atoms with E-state index in [0.29, 0.717) is 5.82 Å². The fraction of sp³-hybridized carbons (Fsp3) is 0.556. The summed E-state index contributed by atoms with van der Waals surface area (Å²) in [6.45, 7) is 2.81. The summed E-state index contributed by atoms with van der Waals surface area (Å²) in [5.74, 6) is -1.29. The summed E-state index contributed by atoms with van der Waals surface area (Å²) in [5, 5.41) is 15.2. The van der Waals surface area contributed by atoms with Crippen LogP contribution in [0.25, 0.3) is 0 Å². The predicted octanol–water partition coefficient (Wildman–Crippen LogP) is -0.458. The number of rotatable bonds is 4. The topological polar surface area (TPSA) is 97.1 Å². The number of carboxylic acid groups (broad SMARTS) is 1. The van der Waals surface area contributed by atoms with Gasteiger partial charge in [-0.15, -0.1) is 0 Å². The number of amides is 1. The maximum Gasteiger partial charge on any atom is 0.318 e. The molecule has 0 aliphatic heterocycles. The van der Waals surface area contributed by atoms with E-state index in [2.05, 4.69) is 15.4 Å². The van der Waals surface area contributed by atoms with Crippen LogP contribution in [0.15, 0.2) is 6.33 Å². The zero-order valence-corrected chi connectivity index (χ0v) is 9.39. The van der Waals surface area contributed by atoms with E-state index in [4.69, 9.17) is 5.11 Å². The van der Waals surface area contributed by atoms with Gasteiger partial charge in [-0.05, 0) is 13.8 Å². The first kappa shape index (κ1) is 12.2. The summed E-state index contributed by atoms with van der Waals surface area (Å²) in [5.41, 5.74) is -1.45. The highest BCUT2D eigenvalue weighted by Gasteiger charge is 2.35. The molecule has 0 aliphatic rings. The van der Waals surface area contributed by atoms with Crippen LogP contribution in [0.3, 0.4) is 0 Å². The van der Waals surface area contributed by atoms with E-state index in [9.17, 15) is 9.59 Å². The summed E-state index contributed by atoms with van der Waals surface area (Å²) in [4.78, 5) is 26.2. The quantitative estimate of drug-likeness (QED) is 0.677. The van der Waals surface area contributed by atoms with Crippen molar-refractivity contribution in [2.75, 3.05) is 0 Å². The number of carboxylic acids is 1. The number of nitrogens with zero attached hydrogens (tertiary/aromatic N) is 3. The molecule has 1 amide bonds. The summed E-state index contributed by atoms with van der Waals surface area (Å²) < 4.78 is 1.50. The van der Waals surface area contributed by atoms with Gasteiger partial charge in [0, 0.05) is 7.05 Å². The van der Waals surface area contributed by atoms with Gasteiger partial charge in [0.1, 0.15) is 11.7 Å². The van der Waals surface area contributed by atoms with Crippen LogP contribution >= 0.6 is 0 Å². The minimum atomic E-state index is -1.45. The Hall–Kier alpha value is -1.92. The van der Waals surface area contributed by atoms with E-state index >= 15 is 0 Å². The second-order valence-corrected chi connectivity index (χ2v) is 3.95. The maximum absolute atomic E-state index is 11.5. The molecule has 0 saturated carbocycles. The molecular formula is C9H14N4O3. The van der Waals surface area contributed by atoms with Gasteiger partial charge >= 0.3 is 5.97 Å². The number of hydrogen-bond acceptors (Lipinski definition) is 4. The molecule has 2 N–H and O–H groups in total. The van der Waals surface area contributed by atoms with Gasteiger partial charge in [0.05, 0.1) is 6.54 Å². The SMILES string of the molecule is Cn1cnc(CNC(=O)C(C)(C)C(=O)O)n1. The van der Waals surface area contributed by atoms with Gasteiger partial charge in [-0.25, -0.2) is 4.98 Å². The number of aliphatic carboxylic acids is 1. The highest BCUT2D eigenvalue weighted by Crippen LogP contribution is 2.14. The second-order valence-electron chi connectivity index (χ2n) is 3.95. The lowest BCUT2D eigenvalue weighted by molar-refractivity contribution is -0.153. The maximum atomic E-state index is 11.5. The summed E-state index contributed by atoms with van der Waals surface area (Å²) >= 11 is 0. The van der Waals surface area contributed by atoms with Gasteiger partial charge in [-0.1, -0.05) is 0 Å². The smallest absolute Gasteiger partial charge is 0.318 e. The molecule has 1 aromatic rings. The average molecular weight is 226 g/mol. The Balaban J connectivity index is 2.56. The van der Waals surface area contributed by atoms with Crippen molar-refractivity contribution in [3.63, 3.8) is 0 Å². The molecule has 0 spiro atoms. The van der Waals surface area contributed by atoms with Crippen LogP contribution in [0.2, 0.25) is 0 Å². The van der Waals surface area contributed by atoms with Gasteiger partial charge < -0.3 is 10.4 Å². The van der Waals surface area contributed by atoms with E-state index in [-0.39, 0.29) is 6.54 Å². The third-order valence-electron chi connectivity index (χ3n) is 2.16. The Bertz CT molecular complexity index is 411. The van der Waals surface area contributed by atoms with Crippen LogP contribution < -0.4 is 5.32 Å². The molecule has 0 bridgehead atoms. The Morgan fingerprint density at radius 2 is 2.19 bits per heavy atom. The minimum Gasteiger partial charge on any atom is -0.480 e. The number of hydrogen-bond donors (Lipinski definition) is 2. The zero-order chi connectivity index (χ0) is 12.3. The molecule has 0 radical (unpaired) electrons. The van der Waals surface area contributed by atoms with Crippen molar-refractivity contribution in [1.29, 1.82) is 0 Å². The fourth-order valence-electron chi connectivity index (χ4n) is 0.942. The first-order chi connectivity index (χ1) is 7.34. The van der Waals surface area contributed by atoms with Crippen LogP contribution in [0.4, 0.5) is 0 Å². The molecule has 0 unspecified atom stereocenters. The zero-order valence-electron chi connectivity index (χ0n) is 9.39. The molecule has 1 rings (SSSR count). The molecule has 0 fully saturated rings. The molecule has 0 atom stereocenters. The van der Waals surface area contributed by atoms with Gasteiger partial charge in [0.25, 0.3) is 0 Å². The molecule has 7 heteroatoms. The summed E-state index contributed by atoms with van der Waals surface area (Å²) in [7, 11) is 1.71. The Labute approximate surface area is 92.5 Å². The van der Waals surface area contributed by atoms with Crippen molar-refractivity contribution >= 4 is 11.9 Å².